The summed E-state index contributed by atoms with van der Waals surface area (Å²) in [6.45, 7) is 4.82. The molecular formula is C12H22O6. The summed E-state index contributed by atoms with van der Waals surface area (Å²) < 4.78 is 9.83. The first-order chi connectivity index (χ1) is 8.31. The number of esters is 2. The average molecular weight is 262 g/mol. The van der Waals surface area contributed by atoms with E-state index < -0.39 is 24.1 Å². The van der Waals surface area contributed by atoms with Crippen LogP contribution in [0.3, 0.4) is 0 Å². The van der Waals surface area contributed by atoms with Crippen LogP contribution in [-0.2, 0) is 19.1 Å². The lowest BCUT2D eigenvalue weighted by Crippen LogP contribution is -2.21. The SMILES string of the molecule is CC(O)CC(=O)OCC[C@@H](C)OC(=O)CC(C)O. The molecule has 0 saturated heterocycles. The fourth-order valence-corrected chi connectivity index (χ4v) is 1.21. The molecule has 3 atom stereocenters. The molecule has 6 heteroatoms. The van der Waals surface area contributed by atoms with Gasteiger partial charge in [-0.15, -0.1) is 0 Å². The Hall–Kier alpha value is -1.14. The van der Waals surface area contributed by atoms with Crippen molar-refractivity contribution in [3.05, 3.63) is 0 Å². The van der Waals surface area contributed by atoms with E-state index in [4.69, 9.17) is 19.7 Å². The monoisotopic (exact) mass is 262 g/mol. The second-order valence-electron chi connectivity index (χ2n) is 4.42. The lowest BCUT2D eigenvalue weighted by Gasteiger charge is -2.14. The van der Waals surface area contributed by atoms with Crippen molar-refractivity contribution >= 4 is 11.9 Å². The Kier molecular flexibility index (Phi) is 8.32. The van der Waals surface area contributed by atoms with E-state index in [-0.39, 0.29) is 25.6 Å². The van der Waals surface area contributed by atoms with Crippen LogP contribution < -0.4 is 0 Å². The molecule has 0 saturated carbocycles. The van der Waals surface area contributed by atoms with Crippen LogP contribution in [0.1, 0.15) is 40.0 Å². The van der Waals surface area contributed by atoms with Crippen molar-refractivity contribution in [2.24, 2.45) is 0 Å². The number of aliphatic hydroxyl groups is 2. The number of aliphatic hydroxyl groups excluding tert-OH is 2. The first-order valence-corrected chi connectivity index (χ1v) is 6.02. The van der Waals surface area contributed by atoms with Crippen molar-refractivity contribution in [3.8, 4) is 0 Å². The zero-order valence-electron chi connectivity index (χ0n) is 11.1. The minimum atomic E-state index is -0.728. The number of carbonyl (C=O) groups is 2. The molecule has 0 aliphatic rings. The van der Waals surface area contributed by atoms with Gasteiger partial charge in [0, 0.05) is 6.42 Å². The van der Waals surface area contributed by atoms with Crippen LogP contribution in [0.2, 0.25) is 0 Å². The lowest BCUT2D eigenvalue weighted by atomic mass is 10.2. The van der Waals surface area contributed by atoms with E-state index in [1.165, 1.54) is 13.8 Å². The predicted octanol–water partition coefficient (Wildman–Crippen LogP) is 0.393. The molecule has 2 unspecified atom stereocenters. The standard InChI is InChI=1S/C12H22O6/c1-8(13)6-11(15)17-5-4-10(3)18-12(16)7-9(2)14/h8-10,13-14H,4-7H2,1-3H3/t8?,9?,10-/m1/s1. The van der Waals surface area contributed by atoms with Gasteiger partial charge in [0.25, 0.3) is 0 Å². The van der Waals surface area contributed by atoms with E-state index in [2.05, 4.69) is 0 Å². The summed E-state index contributed by atoms with van der Waals surface area (Å²) in [6, 6.07) is 0. The van der Waals surface area contributed by atoms with Gasteiger partial charge in [-0.1, -0.05) is 0 Å². The predicted molar refractivity (Wildman–Crippen MR) is 63.7 cm³/mol. The molecule has 0 heterocycles. The summed E-state index contributed by atoms with van der Waals surface area (Å²) in [5.74, 6) is -0.958. The van der Waals surface area contributed by atoms with Crippen LogP contribution in [0.5, 0.6) is 0 Å². The smallest absolute Gasteiger partial charge is 0.308 e. The largest absolute Gasteiger partial charge is 0.465 e. The second-order valence-corrected chi connectivity index (χ2v) is 4.42. The quantitative estimate of drug-likeness (QED) is 0.615. The minimum Gasteiger partial charge on any atom is -0.465 e. The molecule has 0 aromatic carbocycles. The average Bonchev–Trinajstić information content (AvgIpc) is 2.13. The van der Waals surface area contributed by atoms with Crippen molar-refractivity contribution in [2.75, 3.05) is 6.61 Å². The Balaban J connectivity index is 3.67. The third-order valence-electron chi connectivity index (χ3n) is 2.04. The van der Waals surface area contributed by atoms with Crippen LogP contribution in [0.25, 0.3) is 0 Å². The molecule has 0 rings (SSSR count). The number of ether oxygens (including phenoxy) is 2. The summed E-state index contributed by atoms with van der Waals surface area (Å²) in [5, 5.41) is 17.9. The van der Waals surface area contributed by atoms with Crippen LogP contribution in [0.15, 0.2) is 0 Å². The molecule has 0 bridgehead atoms. The maximum absolute atomic E-state index is 11.2. The molecule has 0 radical (unpaired) electrons. The minimum absolute atomic E-state index is 0.0454. The third-order valence-corrected chi connectivity index (χ3v) is 2.04. The van der Waals surface area contributed by atoms with Crippen molar-refractivity contribution in [3.63, 3.8) is 0 Å². The molecule has 6 nitrogen and oxygen atoms in total. The Bertz CT molecular complexity index is 261. The van der Waals surface area contributed by atoms with Gasteiger partial charge in [-0.25, -0.2) is 0 Å². The van der Waals surface area contributed by atoms with Crippen LogP contribution >= 0.6 is 0 Å². The highest BCUT2D eigenvalue weighted by Gasteiger charge is 2.13. The number of hydrogen-bond acceptors (Lipinski definition) is 6. The molecule has 18 heavy (non-hydrogen) atoms. The van der Waals surface area contributed by atoms with E-state index in [1.54, 1.807) is 6.92 Å². The van der Waals surface area contributed by atoms with Crippen LogP contribution in [-0.4, -0.2) is 47.1 Å². The Morgan fingerprint density at radius 3 is 2.00 bits per heavy atom. The summed E-state index contributed by atoms with van der Waals surface area (Å²) in [4.78, 5) is 22.3. The molecule has 0 aromatic heterocycles. The molecule has 0 amide bonds. The van der Waals surface area contributed by atoms with Gasteiger partial charge in [-0.2, -0.15) is 0 Å². The van der Waals surface area contributed by atoms with Crippen molar-refractivity contribution in [1.29, 1.82) is 0 Å². The molecule has 106 valence electrons. The van der Waals surface area contributed by atoms with E-state index in [0.717, 1.165) is 0 Å². The van der Waals surface area contributed by atoms with Crippen molar-refractivity contribution < 1.29 is 29.3 Å². The third kappa shape index (κ3) is 10.0. The van der Waals surface area contributed by atoms with Crippen molar-refractivity contribution in [2.45, 2.75) is 58.3 Å². The van der Waals surface area contributed by atoms with Gasteiger partial charge in [0.15, 0.2) is 0 Å². The summed E-state index contributed by atoms with van der Waals surface area (Å²) in [7, 11) is 0. The van der Waals surface area contributed by atoms with Crippen LogP contribution in [0.4, 0.5) is 0 Å². The van der Waals surface area contributed by atoms with Crippen molar-refractivity contribution in [1.82, 2.24) is 0 Å². The molecule has 0 aromatic rings. The molecule has 0 aliphatic carbocycles. The zero-order valence-corrected chi connectivity index (χ0v) is 11.1. The Morgan fingerprint density at radius 2 is 1.50 bits per heavy atom. The van der Waals surface area contributed by atoms with E-state index >= 15 is 0 Å². The summed E-state index contributed by atoms with van der Waals surface area (Å²) >= 11 is 0. The lowest BCUT2D eigenvalue weighted by molar-refractivity contribution is -0.152. The number of carbonyl (C=O) groups excluding carboxylic acids is 2. The van der Waals surface area contributed by atoms with Gasteiger partial charge in [0.05, 0.1) is 31.7 Å². The first kappa shape index (κ1) is 16.9. The van der Waals surface area contributed by atoms with Gasteiger partial charge in [0.2, 0.25) is 0 Å². The number of hydrogen-bond donors (Lipinski definition) is 2. The van der Waals surface area contributed by atoms with Gasteiger partial charge in [0.1, 0.15) is 6.10 Å². The van der Waals surface area contributed by atoms with Gasteiger partial charge < -0.3 is 19.7 Å². The Morgan fingerprint density at radius 1 is 1.00 bits per heavy atom. The summed E-state index contributed by atoms with van der Waals surface area (Å²) in [5.41, 5.74) is 0. The van der Waals surface area contributed by atoms with Gasteiger partial charge >= 0.3 is 11.9 Å². The molecular weight excluding hydrogens is 240 g/mol. The first-order valence-electron chi connectivity index (χ1n) is 6.02. The van der Waals surface area contributed by atoms with E-state index in [0.29, 0.717) is 6.42 Å². The van der Waals surface area contributed by atoms with Gasteiger partial charge in [-0.05, 0) is 20.8 Å². The fraction of sp³-hybridized carbons (Fsp3) is 0.833. The number of rotatable bonds is 8. The molecule has 0 spiro atoms. The highest BCUT2D eigenvalue weighted by molar-refractivity contribution is 5.70. The zero-order chi connectivity index (χ0) is 14.1. The topological polar surface area (TPSA) is 93.1 Å². The molecule has 0 aliphatic heterocycles. The molecule has 0 fully saturated rings. The van der Waals surface area contributed by atoms with Crippen LogP contribution in [0, 0.1) is 0 Å². The molecule has 2 N–H and O–H groups in total. The van der Waals surface area contributed by atoms with E-state index in [9.17, 15) is 9.59 Å². The Labute approximate surface area is 107 Å². The highest BCUT2D eigenvalue weighted by atomic mass is 16.6. The maximum Gasteiger partial charge on any atom is 0.308 e. The van der Waals surface area contributed by atoms with E-state index in [1.807, 2.05) is 0 Å². The summed E-state index contributed by atoms with van der Waals surface area (Å²) in [6.07, 6.45) is -1.54. The normalized spacial score (nSPS) is 15.6. The second kappa shape index (κ2) is 8.88. The highest BCUT2D eigenvalue weighted by Crippen LogP contribution is 2.03. The van der Waals surface area contributed by atoms with Gasteiger partial charge in [-0.3, -0.25) is 9.59 Å². The fourth-order valence-electron chi connectivity index (χ4n) is 1.21. The maximum atomic E-state index is 11.2.